The van der Waals surface area contributed by atoms with E-state index in [1.807, 2.05) is 29.2 Å². The molecule has 0 atom stereocenters. The molecule has 0 saturated carbocycles. The number of hydrogen-bond donors (Lipinski definition) is 2. The highest BCUT2D eigenvalue weighted by Gasteiger charge is 2.11. The van der Waals surface area contributed by atoms with Crippen molar-refractivity contribution in [3.05, 3.63) is 52.2 Å². The Kier molecular flexibility index (Phi) is 5.15. The second-order valence-electron chi connectivity index (χ2n) is 4.76. The van der Waals surface area contributed by atoms with Gasteiger partial charge in [-0.25, -0.2) is 0 Å². The van der Waals surface area contributed by atoms with E-state index in [4.69, 9.17) is 11.5 Å². The molecule has 0 aliphatic heterocycles. The number of primary amides is 1. The topological polar surface area (TPSA) is 72.4 Å². The Balaban J connectivity index is 1.99. The maximum absolute atomic E-state index is 11.2. The van der Waals surface area contributed by atoms with Crippen molar-refractivity contribution in [2.24, 2.45) is 5.73 Å². The largest absolute Gasteiger partial charge is 0.398 e. The molecule has 1 aromatic heterocycles. The van der Waals surface area contributed by atoms with Gasteiger partial charge >= 0.3 is 0 Å². The first-order chi connectivity index (χ1) is 9.65. The number of hydrogen-bond acceptors (Lipinski definition) is 4. The van der Waals surface area contributed by atoms with Crippen LogP contribution in [0.3, 0.4) is 0 Å². The third-order valence-electron chi connectivity index (χ3n) is 3.13. The highest BCUT2D eigenvalue weighted by atomic mass is 32.1. The first-order valence-corrected chi connectivity index (χ1v) is 7.44. The van der Waals surface area contributed by atoms with Crippen LogP contribution in [0.4, 0.5) is 5.69 Å². The fourth-order valence-corrected chi connectivity index (χ4v) is 2.78. The molecule has 0 unspecified atom stereocenters. The van der Waals surface area contributed by atoms with Crippen molar-refractivity contribution in [2.75, 3.05) is 18.8 Å². The fourth-order valence-electron chi connectivity index (χ4n) is 2.08. The Morgan fingerprint density at radius 3 is 2.70 bits per heavy atom. The molecule has 0 aliphatic carbocycles. The highest BCUT2D eigenvalue weighted by molar-refractivity contribution is 7.07. The summed E-state index contributed by atoms with van der Waals surface area (Å²) in [6.07, 6.45) is 0.906. The van der Waals surface area contributed by atoms with Gasteiger partial charge in [0.25, 0.3) is 0 Å². The van der Waals surface area contributed by atoms with Crippen LogP contribution in [0.2, 0.25) is 0 Å². The molecule has 2 aromatic rings. The van der Waals surface area contributed by atoms with Gasteiger partial charge in [-0.15, -0.1) is 0 Å². The maximum atomic E-state index is 11.2. The number of nitrogen functional groups attached to an aromatic ring is 1. The van der Waals surface area contributed by atoms with Gasteiger partial charge in [-0.2, -0.15) is 11.3 Å². The van der Waals surface area contributed by atoms with Crippen LogP contribution in [0, 0.1) is 0 Å². The van der Waals surface area contributed by atoms with E-state index in [1.54, 1.807) is 11.3 Å². The molecule has 5 heteroatoms. The first-order valence-electron chi connectivity index (χ1n) is 6.50. The lowest BCUT2D eigenvalue weighted by Crippen LogP contribution is -2.35. The van der Waals surface area contributed by atoms with Gasteiger partial charge in [0, 0.05) is 18.8 Å². The number of rotatable bonds is 7. The Morgan fingerprint density at radius 1 is 1.25 bits per heavy atom. The second kappa shape index (κ2) is 7.07. The maximum Gasteiger partial charge on any atom is 0.231 e. The molecule has 0 spiro atoms. The minimum atomic E-state index is -0.315. The predicted octanol–water partition coefficient (Wildman–Crippen LogP) is 1.86. The molecule has 4 N–H and O–H groups in total. The Bertz CT molecular complexity index is 554. The zero-order valence-corrected chi connectivity index (χ0v) is 12.1. The quantitative estimate of drug-likeness (QED) is 0.764. The minimum absolute atomic E-state index is 0.248. The summed E-state index contributed by atoms with van der Waals surface area (Å²) in [6, 6.07) is 9.81. The molecule has 20 heavy (non-hydrogen) atoms. The lowest BCUT2D eigenvalue weighted by Gasteiger charge is -2.21. The lowest BCUT2D eigenvalue weighted by atomic mass is 10.1. The van der Waals surface area contributed by atoms with E-state index >= 15 is 0 Å². The minimum Gasteiger partial charge on any atom is -0.398 e. The summed E-state index contributed by atoms with van der Waals surface area (Å²) in [5.74, 6) is -0.315. The van der Waals surface area contributed by atoms with Crippen LogP contribution in [0.5, 0.6) is 0 Å². The van der Waals surface area contributed by atoms with Crippen LogP contribution in [0.15, 0.2) is 41.1 Å². The summed E-state index contributed by atoms with van der Waals surface area (Å²) < 4.78 is 0. The lowest BCUT2D eigenvalue weighted by molar-refractivity contribution is -0.119. The molecule has 1 heterocycles. The SMILES string of the molecule is NC(=O)CN(CCc1ccsc1)Cc1ccccc1N. The standard InChI is InChI=1S/C15H19N3OS/c16-14-4-2-1-3-13(14)9-18(10-15(17)19)7-5-12-6-8-20-11-12/h1-4,6,8,11H,5,7,9-10,16H2,(H2,17,19). The van der Waals surface area contributed by atoms with Crippen LogP contribution in [-0.2, 0) is 17.8 Å². The van der Waals surface area contributed by atoms with Crippen LogP contribution >= 0.6 is 11.3 Å². The van der Waals surface area contributed by atoms with Crippen molar-refractivity contribution in [1.82, 2.24) is 4.90 Å². The number of para-hydroxylation sites is 1. The molecule has 0 radical (unpaired) electrons. The summed E-state index contributed by atoms with van der Waals surface area (Å²) in [4.78, 5) is 13.2. The van der Waals surface area contributed by atoms with E-state index in [2.05, 4.69) is 16.8 Å². The van der Waals surface area contributed by atoms with Gasteiger partial charge in [-0.1, -0.05) is 18.2 Å². The van der Waals surface area contributed by atoms with Gasteiger partial charge in [0.1, 0.15) is 0 Å². The van der Waals surface area contributed by atoms with Crippen LogP contribution in [0.1, 0.15) is 11.1 Å². The zero-order chi connectivity index (χ0) is 14.4. The fraction of sp³-hybridized carbons (Fsp3) is 0.267. The average Bonchev–Trinajstić information content (AvgIpc) is 2.91. The highest BCUT2D eigenvalue weighted by Crippen LogP contribution is 2.14. The number of nitrogens with zero attached hydrogens (tertiary/aromatic N) is 1. The van der Waals surface area contributed by atoms with Crippen LogP contribution in [0.25, 0.3) is 0 Å². The monoisotopic (exact) mass is 289 g/mol. The van der Waals surface area contributed by atoms with Crippen molar-refractivity contribution in [3.63, 3.8) is 0 Å². The summed E-state index contributed by atoms with van der Waals surface area (Å²) in [5, 5.41) is 4.18. The van der Waals surface area contributed by atoms with Gasteiger partial charge in [-0.05, 0) is 40.4 Å². The number of carbonyl (C=O) groups excluding carboxylic acids is 1. The van der Waals surface area contributed by atoms with Crippen LogP contribution < -0.4 is 11.5 Å². The van der Waals surface area contributed by atoms with Crippen LogP contribution in [-0.4, -0.2) is 23.9 Å². The van der Waals surface area contributed by atoms with E-state index in [-0.39, 0.29) is 12.5 Å². The number of benzene rings is 1. The number of thiophene rings is 1. The molecule has 106 valence electrons. The summed E-state index contributed by atoms with van der Waals surface area (Å²) in [6.45, 7) is 1.67. The summed E-state index contributed by atoms with van der Waals surface area (Å²) >= 11 is 1.68. The van der Waals surface area contributed by atoms with Crippen molar-refractivity contribution >= 4 is 22.9 Å². The van der Waals surface area contributed by atoms with E-state index in [0.717, 1.165) is 24.2 Å². The van der Waals surface area contributed by atoms with Gasteiger partial charge in [0.2, 0.25) is 5.91 Å². The van der Waals surface area contributed by atoms with Crippen molar-refractivity contribution in [3.8, 4) is 0 Å². The molecule has 0 aliphatic rings. The zero-order valence-electron chi connectivity index (χ0n) is 11.3. The number of anilines is 1. The molecular weight excluding hydrogens is 270 g/mol. The van der Waals surface area contributed by atoms with E-state index in [1.165, 1.54) is 5.56 Å². The second-order valence-corrected chi connectivity index (χ2v) is 5.54. The normalized spacial score (nSPS) is 10.8. The number of carbonyl (C=O) groups is 1. The van der Waals surface area contributed by atoms with E-state index in [9.17, 15) is 4.79 Å². The molecular formula is C15H19N3OS. The molecule has 4 nitrogen and oxygen atoms in total. The smallest absolute Gasteiger partial charge is 0.231 e. The number of amides is 1. The van der Waals surface area contributed by atoms with Crippen molar-refractivity contribution in [2.45, 2.75) is 13.0 Å². The molecule has 2 rings (SSSR count). The molecule has 0 fully saturated rings. The summed E-state index contributed by atoms with van der Waals surface area (Å²) in [7, 11) is 0. The molecule has 1 aromatic carbocycles. The number of nitrogens with two attached hydrogens (primary N) is 2. The Hall–Kier alpha value is -1.85. The molecule has 1 amide bonds. The van der Waals surface area contributed by atoms with Crippen molar-refractivity contribution < 1.29 is 4.79 Å². The Morgan fingerprint density at radius 2 is 2.05 bits per heavy atom. The van der Waals surface area contributed by atoms with Gasteiger partial charge < -0.3 is 11.5 Å². The predicted molar refractivity (Wildman–Crippen MR) is 83.3 cm³/mol. The average molecular weight is 289 g/mol. The van der Waals surface area contributed by atoms with E-state index in [0.29, 0.717) is 6.54 Å². The van der Waals surface area contributed by atoms with Gasteiger partial charge in [0.05, 0.1) is 6.54 Å². The third kappa shape index (κ3) is 4.36. The molecule has 0 saturated heterocycles. The van der Waals surface area contributed by atoms with E-state index < -0.39 is 0 Å². The van der Waals surface area contributed by atoms with Crippen molar-refractivity contribution in [1.29, 1.82) is 0 Å². The summed E-state index contributed by atoms with van der Waals surface area (Å²) in [5.41, 5.74) is 14.3. The Labute approximate surface area is 123 Å². The molecule has 0 bridgehead atoms. The first kappa shape index (κ1) is 14.6. The third-order valence-corrected chi connectivity index (χ3v) is 3.86. The van der Waals surface area contributed by atoms with Gasteiger partial charge in [-0.3, -0.25) is 9.69 Å². The van der Waals surface area contributed by atoms with Gasteiger partial charge in [0.15, 0.2) is 0 Å².